The molecule has 1 unspecified atom stereocenters. The molecule has 1 atom stereocenters. The van der Waals surface area contributed by atoms with Crippen LogP contribution >= 0.6 is 11.6 Å². The van der Waals surface area contributed by atoms with E-state index in [-0.39, 0.29) is 0 Å². The molecule has 0 spiro atoms. The Balaban J connectivity index is 1.91. The molecule has 3 heteroatoms. The zero-order valence-corrected chi connectivity index (χ0v) is 11.8. The third-order valence-corrected chi connectivity index (χ3v) is 3.97. The lowest BCUT2D eigenvalue weighted by Crippen LogP contribution is -2.33. The van der Waals surface area contributed by atoms with Gasteiger partial charge in [0.15, 0.2) is 0 Å². The smallest absolute Gasteiger partial charge is 0.133 e. The molecule has 1 aromatic carbocycles. The Hall–Kier alpha value is -1.54. The minimum atomic E-state index is 0.609. The Morgan fingerprint density at radius 3 is 2.95 bits per heavy atom. The highest BCUT2D eigenvalue weighted by Crippen LogP contribution is 2.31. The Morgan fingerprint density at radius 1 is 1.26 bits per heavy atom. The maximum Gasteiger partial charge on any atom is 0.133 e. The molecule has 0 saturated carbocycles. The lowest BCUT2D eigenvalue weighted by molar-refractivity contribution is 0.530. The first-order chi connectivity index (χ1) is 9.24. The van der Waals surface area contributed by atoms with Crippen LogP contribution in [-0.4, -0.2) is 11.5 Å². The van der Waals surface area contributed by atoms with E-state index in [0.29, 0.717) is 11.1 Å². The van der Waals surface area contributed by atoms with Crippen molar-refractivity contribution in [1.82, 2.24) is 4.98 Å². The van der Waals surface area contributed by atoms with Crippen molar-refractivity contribution in [2.24, 2.45) is 5.92 Å². The summed E-state index contributed by atoms with van der Waals surface area (Å²) in [6.07, 6.45) is 2.89. The van der Waals surface area contributed by atoms with Crippen molar-refractivity contribution in [2.45, 2.75) is 19.9 Å². The molecule has 19 heavy (non-hydrogen) atoms. The fourth-order valence-electron chi connectivity index (χ4n) is 2.80. The summed E-state index contributed by atoms with van der Waals surface area (Å²) in [5.41, 5.74) is 3.86. The molecule has 0 fully saturated rings. The predicted octanol–water partition coefficient (Wildman–Crippen LogP) is 3.93. The van der Waals surface area contributed by atoms with Gasteiger partial charge in [0.25, 0.3) is 0 Å². The van der Waals surface area contributed by atoms with Crippen molar-refractivity contribution >= 4 is 17.3 Å². The van der Waals surface area contributed by atoms with Gasteiger partial charge in [-0.3, -0.25) is 0 Å². The molecule has 2 aromatic rings. The molecule has 0 amide bonds. The normalized spacial score (nSPS) is 18.2. The average Bonchev–Trinajstić information content (AvgIpc) is 2.41. The molecule has 3 rings (SSSR count). The van der Waals surface area contributed by atoms with E-state index in [4.69, 9.17) is 11.6 Å². The number of hydrogen-bond donors (Lipinski definition) is 0. The molecular weight excluding hydrogens is 256 g/mol. The molecule has 2 heterocycles. The van der Waals surface area contributed by atoms with Gasteiger partial charge in [-0.05, 0) is 30.0 Å². The Kier molecular flexibility index (Phi) is 3.43. The predicted molar refractivity (Wildman–Crippen MR) is 79.6 cm³/mol. The monoisotopic (exact) mass is 272 g/mol. The zero-order chi connectivity index (χ0) is 13.2. The van der Waals surface area contributed by atoms with Gasteiger partial charge in [-0.25, -0.2) is 4.98 Å². The van der Waals surface area contributed by atoms with Crippen molar-refractivity contribution in [3.63, 3.8) is 0 Å². The topological polar surface area (TPSA) is 16.1 Å². The number of para-hydroxylation sites is 1. The SMILES string of the molecule is CC1Cc2ccccc2N(Cc2cccnc2Cl)C1. The first kappa shape index (κ1) is 12.5. The number of halogens is 1. The summed E-state index contributed by atoms with van der Waals surface area (Å²) in [6, 6.07) is 12.6. The number of benzene rings is 1. The van der Waals surface area contributed by atoms with Crippen molar-refractivity contribution < 1.29 is 0 Å². The van der Waals surface area contributed by atoms with Gasteiger partial charge in [0.05, 0.1) is 0 Å². The minimum Gasteiger partial charge on any atom is -0.367 e. The summed E-state index contributed by atoms with van der Waals surface area (Å²) < 4.78 is 0. The summed E-state index contributed by atoms with van der Waals surface area (Å²) in [6.45, 7) is 4.20. The van der Waals surface area contributed by atoms with Gasteiger partial charge in [0.1, 0.15) is 5.15 Å². The number of fused-ring (bicyclic) bond motifs is 1. The number of nitrogens with zero attached hydrogens (tertiary/aromatic N) is 2. The van der Waals surface area contributed by atoms with E-state index in [1.165, 1.54) is 11.3 Å². The standard InChI is InChI=1S/C16H17ClN2/c1-12-9-13-5-2-3-7-15(13)19(10-12)11-14-6-4-8-18-16(14)17/h2-8,12H,9-11H2,1H3. The van der Waals surface area contributed by atoms with Crippen molar-refractivity contribution in [3.05, 3.63) is 58.9 Å². The largest absolute Gasteiger partial charge is 0.367 e. The molecular formula is C16H17ClN2. The van der Waals surface area contributed by atoms with Gasteiger partial charge in [0.2, 0.25) is 0 Å². The second-order valence-corrected chi connectivity index (χ2v) is 5.63. The lowest BCUT2D eigenvalue weighted by Gasteiger charge is -2.35. The van der Waals surface area contributed by atoms with E-state index in [1.54, 1.807) is 6.20 Å². The number of pyridine rings is 1. The van der Waals surface area contributed by atoms with Crippen LogP contribution in [0, 0.1) is 5.92 Å². The van der Waals surface area contributed by atoms with Crippen LogP contribution in [0.15, 0.2) is 42.6 Å². The quantitative estimate of drug-likeness (QED) is 0.770. The van der Waals surface area contributed by atoms with Crippen LogP contribution in [0.25, 0.3) is 0 Å². The van der Waals surface area contributed by atoms with Gasteiger partial charge in [-0.1, -0.05) is 42.8 Å². The van der Waals surface area contributed by atoms with Crippen molar-refractivity contribution in [1.29, 1.82) is 0 Å². The molecule has 0 N–H and O–H groups in total. The fourth-order valence-corrected chi connectivity index (χ4v) is 2.98. The molecule has 1 aliphatic heterocycles. The minimum absolute atomic E-state index is 0.609. The number of aromatic nitrogens is 1. The van der Waals surface area contributed by atoms with Gasteiger partial charge >= 0.3 is 0 Å². The molecule has 0 saturated heterocycles. The molecule has 0 aliphatic carbocycles. The summed E-state index contributed by atoms with van der Waals surface area (Å²) in [7, 11) is 0. The highest BCUT2D eigenvalue weighted by molar-refractivity contribution is 6.30. The van der Waals surface area contributed by atoms with E-state index in [0.717, 1.165) is 25.1 Å². The number of hydrogen-bond acceptors (Lipinski definition) is 2. The third-order valence-electron chi connectivity index (χ3n) is 3.63. The van der Waals surface area contributed by atoms with Gasteiger partial charge in [0, 0.05) is 30.5 Å². The van der Waals surface area contributed by atoms with E-state index in [9.17, 15) is 0 Å². The highest BCUT2D eigenvalue weighted by Gasteiger charge is 2.21. The second-order valence-electron chi connectivity index (χ2n) is 5.27. The van der Waals surface area contributed by atoms with E-state index >= 15 is 0 Å². The van der Waals surface area contributed by atoms with Crippen LogP contribution in [0.3, 0.4) is 0 Å². The first-order valence-corrected chi connectivity index (χ1v) is 7.04. The summed E-state index contributed by atoms with van der Waals surface area (Å²) in [4.78, 5) is 6.57. The number of rotatable bonds is 2. The first-order valence-electron chi connectivity index (χ1n) is 6.66. The Labute approximate surface area is 119 Å². The van der Waals surface area contributed by atoms with Gasteiger partial charge < -0.3 is 4.90 Å². The molecule has 2 nitrogen and oxygen atoms in total. The molecule has 0 radical (unpaired) electrons. The van der Waals surface area contributed by atoms with Gasteiger partial charge in [-0.2, -0.15) is 0 Å². The summed E-state index contributed by atoms with van der Waals surface area (Å²) in [5, 5.41) is 0.609. The van der Waals surface area contributed by atoms with Crippen LogP contribution in [-0.2, 0) is 13.0 Å². The second kappa shape index (κ2) is 5.22. The van der Waals surface area contributed by atoms with Crippen molar-refractivity contribution in [2.75, 3.05) is 11.4 Å². The van der Waals surface area contributed by atoms with E-state index in [2.05, 4.69) is 47.1 Å². The molecule has 1 aliphatic rings. The maximum atomic E-state index is 6.17. The van der Waals surface area contributed by atoms with Gasteiger partial charge in [-0.15, -0.1) is 0 Å². The number of anilines is 1. The average molecular weight is 273 g/mol. The van der Waals surface area contributed by atoms with E-state index < -0.39 is 0 Å². The lowest BCUT2D eigenvalue weighted by atomic mass is 9.93. The van der Waals surface area contributed by atoms with Crippen LogP contribution in [0.5, 0.6) is 0 Å². The molecule has 98 valence electrons. The maximum absolute atomic E-state index is 6.17. The Bertz CT molecular complexity index is 582. The van der Waals surface area contributed by atoms with Crippen LogP contribution < -0.4 is 4.90 Å². The summed E-state index contributed by atoms with van der Waals surface area (Å²) >= 11 is 6.17. The van der Waals surface area contributed by atoms with Crippen LogP contribution in [0.4, 0.5) is 5.69 Å². The highest BCUT2D eigenvalue weighted by atomic mass is 35.5. The molecule has 0 bridgehead atoms. The van der Waals surface area contributed by atoms with Crippen LogP contribution in [0.1, 0.15) is 18.1 Å². The molecule has 1 aromatic heterocycles. The summed E-state index contributed by atoms with van der Waals surface area (Å²) in [5.74, 6) is 0.672. The van der Waals surface area contributed by atoms with E-state index in [1.807, 2.05) is 6.07 Å². The fraction of sp³-hybridized carbons (Fsp3) is 0.312. The van der Waals surface area contributed by atoms with Crippen LogP contribution in [0.2, 0.25) is 5.15 Å². The van der Waals surface area contributed by atoms with Crippen molar-refractivity contribution in [3.8, 4) is 0 Å². The Morgan fingerprint density at radius 2 is 2.11 bits per heavy atom. The third kappa shape index (κ3) is 2.59. The zero-order valence-electron chi connectivity index (χ0n) is 11.0.